The van der Waals surface area contributed by atoms with Crippen molar-refractivity contribution < 1.29 is 4.79 Å². The molecule has 0 aromatic heterocycles. The molecule has 1 amide bonds. The van der Waals surface area contributed by atoms with E-state index in [0.717, 1.165) is 10.0 Å². The Morgan fingerprint density at radius 2 is 2.21 bits per heavy atom. The fourth-order valence-electron chi connectivity index (χ4n) is 1.15. The number of hydrogen-bond donors (Lipinski definition) is 1. The minimum atomic E-state index is -0.329. The molecule has 0 aliphatic rings. The Bertz CT molecular complexity index is 352. The summed E-state index contributed by atoms with van der Waals surface area (Å²) in [5.74, 6) is -0.329. The lowest BCUT2D eigenvalue weighted by Gasteiger charge is -2.09. The van der Waals surface area contributed by atoms with Crippen LogP contribution in [0.3, 0.4) is 0 Å². The first-order valence-corrected chi connectivity index (χ1v) is 5.90. The summed E-state index contributed by atoms with van der Waals surface area (Å²) in [6.07, 6.45) is 0.626. The van der Waals surface area contributed by atoms with E-state index in [0.29, 0.717) is 6.42 Å². The topological polar surface area (TPSA) is 43.1 Å². The summed E-state index contributed by atoms with van der Waals surface area (Å²) < 4.78 is 1.02. The SMILES string of the molecule is Cc1ccc(Br)cc1CC(Br)C(N)=O. The Hall–Kier alpha value is -0.350. The van der Waals surface area contributed by atoms with Gasteiger partial charge in [0.25, 0.3) is 0 Å². The van der Waals surface area contributed by atoms with Crippen LogP contribution in [0.25, 0.3) is 0 Å². The molecule has 76 valence electrons. The highest BCUT2D eigenvalue weighted by atomic mass is 79.9. The first-order valence-electron chi connectivity index (χ1n) is 4.19. The third-order valence-electron chi connectivity index (χ3n) is 2.02. The molecule has 1 unspecified atom stereocenters. The Kier molecular flexibility index (Phi) is 4.13. The summed E-state index contributed by atoms with van der Waals surface area (Å²) in [4.78, 5) is 10.6. The van der Waals surface area contributed by atoms with Crippen LogP contribution in [0.15, 0.2) is 22.7 Å². The molecule has 1 atom stereocenters. The van der Waals surface area contributed by atoms with Gasteiger partial charge in [-0.1, -0.05) is 37.9 Å². The number of benzene rings is 1. The molecule has 0 aliphatic carbocycles. The Morgan fingerprint density at radius 3 is 2.79 bits per heavy atom. The second kappa shape index (κ2) is 4.94. The maximum absolute atomic E-state index is 10.9. The van der Waals surface area contributed by atoms with Crippen molar-refractivity contribution in [3.05, 3.63) is 33.8 Å². The largest absolute Gasteiger partial charge is 0.369 e. The molecular formula is C10H11Br2NO. The molecule has 1 aromatic rings. The number of halogens is 2. The van der Waals surface area contributed by atoms with Gasteiger partial charge in [-0.15, -0.1) is 0 Å². The first-order chi connectivity index (χ1) is 6.50. The second-order valence-electron chi connectivity index (χ2n) is 3.14. The molecule has 1 aromatic carbocycles. The molecule has 0 radical (unpaired) electrons. The van der Waals surface area contributed by atoms with Gasteiger partial charge in [0.1, 0.15) is 0 Å². The highest BCUT2D eigenvalue weighted by Crippen LogP contribution is 2.19. The molecule has 0 heterocycles. The van der Waals surface area contributed by atoms with Crippen molar-refractivity contribution in [2.75, 3.05) is 0 Å². The number of alkyl halides is 1. The minimum Gasteiger partial charge on any atom is -0.369 e. The van der Waals surface area contributed by atoms with Crippen LogP contribution in [0.1, 0.15) is 11.1 Å². The molecule has 2 nitrogen and oxygen atoms in total. The molecule has 0 saturated heterocycles. The fraction of sp³-hybridized carbons (Fsp3) is 0.300. The van der Waals surface area contributed by atoms with Gasteiger partial charge in [-0.3, -0.25) is 4.79 Å². The molecule has 2 N–H and O–H groups in total. The molecule has 1 rings (SSSR count). The van der Waals surface area contributed by atoms with Crippen molar-refractivity contribution in [1.29, 1.82) is 0 Å². The molecule has 14 heavy (non-hydrogen) atoms. The van der Waals surface area contributed by atoms with Gasteiger partial charge in [-0.2, -0.15) is 0 Å². The number of amides is 1. The van der Waals surface area contributed by atoms with Gasteiger partial charge in [0.05, 0.1) is 4.83 Å². The first kappa shape index (κ1) is 11.7. The van der Waals surface area contributed by atoms with Gasteiger partial charge >= 0.3 is 0 Å². The van der Waals surface area contributed by atoms with Crippen LogP contribution in [0.5, 0.6) is 0 Å². The molecule has 0 bridgehead atoms. The van der Waals surface area contributed by atoms with Crippen molar-refractivity contribution in [3.63, 3.8) is 0 Å². The summed E-state index contributed by atoms with van der Waals surface area (Å²) >= 11 is 6.64. The van der Waals surface area contributed by atoms with E-state index in [1.54, 1.807) is 0 Å². The van der Waals surface area contributed by atoms with E-state index in [4.69, 9.17) is 5.73 Å². The Labute approximate surface area is 100 Å². The van der Waals surface area contributed by atoms with E-state index in [1.807, 2.05) is 25.1 Å². The van der Waals surface area contributed by atoms with Gasteiger partial charge in [0, 0.05) is 4.47 Å². The molecule has 0 saturated carbocycles. The van der Waals surface area contributed by atoms with E-state index < -0.39 is 0 Å². The lowest BCUT2D eigenvalue weighted by molar-refractivity contribution is -0.117. The number of rotatable bonds is 3. The van der Waals surface area contributed by atoms with Gasteiger partial charge in [0.15, 0.2) is 0 Å². The van der Waals surface area contributed by atoms with Crippen molar-refractivity contribution in [1.82, 2.24) is 0 Å². The van der Waals surface area contributed by atoms with Crippen molar-refractivity contribution >= 4 is 37.8 Å². The van der Waals surface area contributed by atoms with Crippen LogP contribution >= 0.6 is 31.9 Å². The van der Waals surface area contributed by atoms with E-state index in [1.165, 1.54) is 5.56 Å². The second-order valence-corrected chi connectivity index (χ2v) is 5.17. The van der Waals surface area contributed by atoms with Crippen LogP contribution in [0, 0.1) is 6.92 Å². The smallest absolute Gasteiger partial charge is 0.231 e. The number of hydrogen-bond acceptors (Lipinski definition) is 1. The predicted octanol–water partition coefficient (Wildman–Crippen LogP) is 2.55. The Balaban J connectivity index is 2.85. The monoisotopic (exact) mass is 319 g/mol. The van der Waals surface area contributed by atoms with Gasteiger partial charge in [0.2, 0.25) is 5.91 Å². The van der Waals surface area contributed by atoms with Crippen LogP contribution in [0.4, 0.5) is 0 Å². The number of primary amides is 1. The average Bonchev–Trinajstić information content (AvgIpc) is 2.11. The summed E-state index contributed by atoms with van der Waals surface area (Å²) in [6, 6.07) is 6.00. The van der Waals surface area contributed by atoms with Crippen LogP contribution < -0.4 is 5.73 Å². The molecule has 0 spiro atoms. The lowest BCUT2D eigenvalue weighted by Crippen LogP contribution is -2.25. The van der Waals surface area contributed by atoms with Crippen LogP contribution in [-0.4, -0.2) is 10.7 Å². The summed E-state index contributed by atoms with van der Waals surface area (Å²) in [6.45, 7) is 2.02. The summed E-state index contributed by atoms with van der Waals surface area (Å²) in [5.41, 5.74) is 7.47. The predicted molar refractivity (Wildman–Crippen MR) is 64.5 cm³/mol. The normalized spacial score (nSPS) is 12.5. The van der Waals surface area contributed by atoms with Crippen LogP contribution in [0.2, 0.25) is 0 Å². The van der Waals surface area contributed by atoms with Gasteiger partial charge in [-0.25, -0.2) is 0 Å². The minimum absolute atomic E-state index is 0.296. The highest BCUT2D eigenvalue weighted by molar-refractivity contribution is 9.10. The van der Waals surface area contributed by atoms with E-state index in [-0.39, 0.29) is 10.7 Å². The average molecular weight is 321 g/mol. The number of aryl methyl sites for hydroxylation is 1. The molecular weight excluding hydrogens is 310 g/mol. The maximum Gasteiger partial charge on any atom is 0.231 e. The zero-order chi connectivity index (χ0) is 10.7. The van der Waals surface area contributed by atoms with E-state index >= 15 is 0 Å². The van der Waals surface area contributed by atoms with Crippen molar-refractivity contribution in [2.24, 2.45) is 5.73 Å². The standard InChI is InChI=1S/C10H11Br2NO/c1-6-2-3-8(11)4-7(6)5-9(12)10(13)14/h2-4,9H,5H2,1H3,(H2,13,14). The number of carbonyl (C=O) groups is 1. The lowest BCUT2D eigenvalue weighted by atomic mass is 10.0. The van der Waals surface area contributed by atoms with Crippen LogP contribution in [-0.2, 0) is 11.2 Å². The third kappa shape index (κ3) is 3.10. The van der Waals surface area contributed by atoms with Crippen molar-refractivity contribution in [3.8, 4) is 0 Å². The van der Waals surface area contributed by atoms with Gasteiger partial charge < -0.3 is 5.73 Å². The molecule has 4 heteroatoms. The highest BCUT2D eigenvalue weighted by Gasteiger charge is 2.12. The molecule has 0 aliphatic heterocycles. The fourth-order valence-corrected chi connectivity index (χ4v) is 1.91. The third-order valence-corrected chi connectivity index (χ3v) is 3.29. The van der Waals surface area contributed by atoms with Crippen molar-refractivity contribution in [2.45, 2.75) is 18.2 Å². The molecule has 0 fully saturated rings. The Morgan fingerprint density at radius 1 is 1.57 bits per heavy atom. The zero-order valence-corrected chi connectivity index (χ0v) is 10.9. The number of carbonyl (C=O) groups excluding carboxylic acids is 1. The summed E-state index contributed by atoms with van der Waals surface area (Å²) in [5, 5.41) is 0. The van der Waals surface area contributed by atoms with E-state index in [9.17, 15) is 4.79 Å². The quantitative estimate of drug-likeness (QED) is 0.855. The maximum atomic E-state index is 10.9. The van der Waals surface area contributed by atoms with E-state index in [2.05, 4.69) is 31.9 Å². The zero-order valence-electron chi connectivity index (χ0n) is 7.76. The van der Waals surface area contributed by atoms with Gasteiger partial charge in [-0.05, 0) is 36.6 Å². The summed E-state index contributed by atoms with van der Waals surface area (Å²) in [7, 11) is 0. The number of nitrogens with two attached hydrogens (primary N) is 1.